The summed E-state index contributed by atoms with van der Waals surface area (Å²) in [6.45, 7) is 1.08. The number of nitrogens with zero attached hydrogens (tertiary/aromatic N) is 4. The lowest BCUT2D eigenvalue weighted by atomic mass is 10.1. The van der Waals surface area contributed by atoms with Crippen LogP contribution in [0.2, 0.25) is 0 Å². The topological polar surface area (TPSA) is 51.0 Å². The maximum absolute atomic E-state index is 12.8. The highest BCUT2D eigenvalue weighted by Gasteiger charge is 2.18. The maximum Gasteiger partial charge on any atom is 0.272 e. The second kappa shape index (κ2) is 7.55. The maximum atomic E-state index is 12.8. The Balaban J connectivity index is 1.77. The van der Waals surface area contributed by atoms with E-state index in [4.69, 9.17) is 0 Å². The summed E-state index contributed by atoms with van der Waals surface area (Å²) >= 11 is 0. The third-order valence-electron chi connectivity index (χ3n) is 3.94. The molecule has 2 aromatic heterocycles. The number of amides is 1. The molecule has 1 aromatic carbocycles. The van der Waals surface area contributed by atoms with Crippen LogP contribution >= 0.6 is 0 Å². The fourth-order valence-corrected chi connectivity index (χ4v) is 2.53. The van der Waals surface area contributed by atoms with Gasteiger partial charge < -0.3 is 9.47 Å². The second-order valence-electron chi connectivity index (χ2n) is 5.63. The molecule has 3 rings (SSSR count). The number of aryl methyl sites for hydroxylation is 1. The van der Waals surface area contributed by atoms with Crippen molar-refractivity contribution in [3.8, 4) is 0 Å². The van der Waals surface area contributed by atoms with Crippen molar-refractivity contribution in [3.63, 3.8) is 0 Å². The van der Waals surface area contributed by atoms with Gasteiger partial charge in [-0.3, -0.25) is 9.78 Å². The standard InChI is InChI=1S/C19H20N4O/c1-22-14-12-21-18(22)15-23(13-10-16-7-3-2-4-8-16)19(24)17-9-5-6-11-20-17/h2-9,11-12,14H,10,13,15H2,1H3. The van der Waals surface area contributed by atoms with E-state index in [1.54, 1.807) is 23.4 Å². The van der Waals surface area contributed by atoms with Gasteiger partial charge in [0.05, 0.1) is 6.54 Å². The summed E-state index contributed by atoms with van der Waals surface area (Å²) in [5.74, 6) is 0.780. The Morgan fingerprint density at radius 2 is 1.83 bits per heavy atom. The number of benzene rings is 1. The fourth-order valence-electron chi connectivity index (χ4n) is 2.53. The summed E-state index contributed by atoms with van der Waals surface area (Å²) in [6, 6.07) is 15.6. The summed E-state index contributed by atoms with van der Waals surface area (Å²) < 4.78 is 1.93. The first-order valence-corrected chi connectivity index (χ1v) is 7.94. The van der Waals surface area contributed by atoms with E-state index in [-0.39, 0.29) is 5.91 Å². The molecule has 2 heterocycles. The monoisotopic (exact) mass is 320 g/mol. The smallest absolute Gasteiger partial charge is 0.272 e. The van der Waals surface area contributed by atoms with Gasteiger partial charge in [-0.05, 0) is 24.1 Å². The van der Waals surface area contributed by atoms with Gasteiger partial charge in [0, 0.05) is 32.2 Å². The molecule has 24 heavy (non-hydrogen) atoms. The number of aromatic nitrogens is 3. The van der Waals surface area contributed by atoms with Crippen molar-refractivity contribution in [2.75, 3.05) is 6.54 Å². The molecule has 0 atom stereocenters. The molecule has 0 aliphatic carbocycles. The largest absolute Gasteiger partial charge is 0.337 e. The molecule has 0 spiro atoms. The molecule has 0 radical (unpaired) electrons. The molecule has 0 saturated heterocycles. The third-order valence-corrected chi connectivity index (χ3v) is 3.94. The normalized spacial score (nSPS) is 10.5. The highest BCUT2D eigenvalue weighted by molar-refractivity contribution is 5.92. The van der Waals surface area contributed by atoms with Gasteiger partial charge in [-0.1, -0.05) is 36.4 Å². The van der Waals surface area contributed by atoms with Crippen LogP contribution in [0.5, 0.6) is 0 Å². The number of hydrogen-bond acceptors (Lipinski definition) is 3. The lowest BCUT2D eigenvalue weighted by Gasteiger charge is -2.22. The number of hydrogen-bond donors (Lipinski definition) is 0. The van der Waals surface area contributed by atoms with Gasteiger partial charge in [-0.15, -0.1) is 0 Å². The molecule has 0 aliphatic heterocycles. The SMILES string of the molecule is Cn1ccnc1CN(CCc1ccccc1)C(=O)c1ccccn1. The predicted molar refractivity (Wildman–Crippen MR) is 92.3 cm³/mol. The molecule has 1 amide bonds. The molecule has 3 aromatic rings. The first-order valence-electron chi connectivity index (χ1n) is 7.94. The van der Waals surface area contributed by atoms with Gasteiger partial charge >= 0.3 is 0 Å². The van der Waals surface area contributed by atoms with Gasteiger partial charge in [0.1, 0.15) is 11.5 Å². The average molecular weight is 320 g/mol. The van der Waals surface area contributed by atoms with Gasteiger partial charge in [0.25, 0.3) is 5.91 Å². The van der Waals surface area contributed by atoms with E-state index in [9.17, 15) is 4.79 Å². The summed E-state index contributed by atoms with van der Waals surface area (Å²) in [5.41, 5.74) is 1.66. The van der Waals surface area contributed by atoms with Crippen LogP contribution in [0.25, 0.3) is 0 Å². The highest BCUT2D eigenvalue weighted by Crippen LogP contribution is 2.09. The van der Waals surface area contributed by atoms with E-state index in [2.05, 4.69) is 22.1 Å². The average Bonchev–Trinajstić information content (AvgIpc) is 3.04. The molecule has 5 heteroatoms. The lowest BCUT2D eigenvalue weighted by molar-refractivity contribution is 0.0733. The number of imidazole rings is 1. The van der Waals surface area contributed by atoms with Crippen molar-refractivity contribution in [2.45, 2.75) is 13.0 Å². The molecule has 5 nitrogen and oxygen atoms in total. The summed E-state index contributed by atoms with van der Waals surface area (Å²) in [7, 11) is 1.93. The molecule has 122 valence electrons. The molecule has 0 bridgehead atoms. The van der Waals surface area contributed by atoms with Gasteiger partial charge in [0.15, 0.2) is 0 Å². The van der Waals surface area contributed by atoms with Crippen LogP contribution in [0.3, 0.4) is 0 Å². The van der Waals surface area contributed by atoms with Crippen molar-refractivity contribution in [3.05, 3.63) is 84.2 Å². The Bertz CT molecular complexity index is 783. The van der Waals surface area contributed by atoms with Crippen molar-refractivity contribution in [1.82, 2.24) is 19.4 Å². The minimum absolute atomic E-state index is 0.0745. The van der Waals surface area contributed by atoms with E-state index in [0.717, 1.165) is 12.2 Å². The number of carbonyl (C=O) groups is 1. The zero-order valence-corrected chi connectivity index (χ0v) is 13.7. The predicted octanol–water partition coefficient (Wildman–Crippen LogP) is 2.70. The molecule has 0 aliphatic rings. The van der Waals surface area contributed by atoms with Gasteiger partial charge in [0.2, 0.25) is 0 Å². The Kier molecular flexibility index (Phi) is 5.01. The lowest BCUT2D eigenvalue weighted by Crippen LogP contribution is -2.34. The zero-order valence-electron chi connectivity index (χ0n) is 13.7. The Hall–Kier alpha value is -2.95. The third kappa shape index (κ3) is 3.87. The van der Waals surface area contributed by atoms with Crippen LogP contribution < -0.4 is 0 Å². The first-order chi connectivity index (χ1) is 11.7. The minimum atomic E-state index is -0.0745. The molecule has 0 N–H and O–H groups in total. The zero-order chi connectivity index (χ0) is 16.8. The molecule has 0 fully saturated rings. The van der Waals surface area contributed by atoms with Crippen LogP contribution in [-0.4, -0.2) is 31.9 Å². The highest BCUT2D eigenvalue weighted by atomic mass is 16.2. The fraction of sp³-hybridized carbons (Fsp3) is 0.211. The van der Waals surface area contributed by atoms with Crippen LogP contribution in [0.4, 0.5) is 0 Å². The van der Waals surface area contributed by atoms with Gasteiger partial charge in [-0.2, -0.15) is 0 Å². The van der Waals surface area contributed by atoms with E-state index in [1.165, 1.54) is 5.56 Å². The first kappa shape index (κ1) is 15.9. The molecule has 0 saturated carbocycles. The second-order valence-corrected chi connectivity index (χ2v) is 5.63. The summed E-state index contributed by atoms with van der Waals surface area (Å²) in [6.07, 6.45) is 6.07. The Morgan fingerprint density at radius 3 is 2.50 bits per heavy atom. The van der Waals surface area contributed by atoms with Gasteiger partial charge in [-0.25, -0.2) is 4.98 Å². The Morgan fingerprint density at radius 1 is 1.04 bits per heavy atom. The van der Waals surface area contributed by atoms with Crippen molar-refractivity contribution in [1.29, 1.82) is 0 Å². The summed E-state index contributed by atoms with van der Waals surface area (Å²) in [5, 5.41) is 0. The van der Waals surface area contributed by atoms with E-state index >= 15 is 0 Å². The Labute approximate surface area is 141 Å². The number of pyridine rings is 1. The van der Waals surface area contributed by atoms with Crippen LogP contribution in [0, 0.1) is 0 Å². The van der Waals surface area contributed by atoms with Crippen molar-refractivity contribution in [2.24, 2.45) is 7.05 Å². The van der Waals surface area contributed by atoms with E-state index in [0.29, 0.717) is 18.8 Å². The van der Waals surface area contributed by atoms with Crippen LogP contribution in [0.1, 0.15) is 21.9 Å². The van der Waals surface area contributed by atoms with E-state index in [1.807, 2.05) is 48.1 Å². The number of rotatable bonds is 6. The quantitative estimate of drug-likeness (QED) is 0.702. The van der Waals surface area contributed by atoms with E-state index < -0.39 is 0 Å². The molecular weight excluding hydrogens is 300 g/mol. The minimum Gasteiger partial charge on any atom is -0.337 e. The molecular formula is C19H20N4O. The van der Waals surface area contributed by atoms with Crippen LogP contribution in [-0.2, 0) is 20.0 Å². The van der Waals surface area contributed by atoms with Crippen molar-refractivity contribution < 1.29 is 4.79 Å². The number of carbonyl (C=O) groups excluding carboxylic acids is 1. The van der Waals surface area contributed by atoms with Crippen molar-refractivity contribution >= 4 is 5.91 Å². The van der Waals surface area contributed by atoms with Crippen LogP contribution in [0.15, 0.2) is 67.1 Å². The molecule has 0 unspecified atom stereocenters. The summed E-state index contributed by atoms with van der Waals surface area (Å²) in [4.78, 5) is 23.2.